The van der Waals surface area contributed by atoms with E-state index in [0.29, 0.717) is 13.1 Å². The minimum Gasteiger partial charge on any atom is -0.337 e. The Morgan fingerprint density at radius 1 is 1.44 bits per heavy atom. The molecular weight excluding hydrogens is 268 g/mol. The Hall–Kier alpha value is -0.900. The van der Waals surface area contributed by atoms with Crippen LogP contribution < -0.4 is 0 Å². The number of carbonyl (C=O) groups is 1. The van der Waals surface area contributed by atoms with Gasteiger partial charge in [0.25, 0.3) is 0 Å². The van der Waals surface area contributed by atoms with Gasteiger partial charge in [-0.2, -0.15) is 0 Å². The number of hydrogen-bond acceptors (Lipinski definition) is 2. The minimum atomic E-state index is -0.504. The first kappa shape index (κ1) is 13.2. The molecule has 0 saturated heterocycles. The number of aromatic nitrogens is 1. The number of amides is 1. The molecule has 0 N–H and O–H groups in total. The normalized spacial score (nSPS) is 11.2. The molecule has 0 atom stereocenters. The van der Waals surface area contributed by atoms with Crippen LogP contribution in [-0.4, -0.2) is 26.7 Å². The quantitative estimate of drug-likeness (QED) is 0.797. The first-order valence-corrected chi connectivity index (χ1v) is 6.11. The number of pyridine rings is 1. The zero-order valence-corrected chi connectivity index (χ0v) is 11.5. The third kappa shape index (κ3) is 3.59. The van der Waals surface area contributed by atoms with Gasteiger partial charge in [0.15, 0.2) is 0 Å². The molecule has 0 aliphatic carbocycles. The van der Waals surface area contributed by atoms with Crippen molar-refractivity contribution in [2.45, 2.75) is 31.6 Å². The van der Waals surface area contributed by atoms with Crippen molar-refractivity contribution in [1.82, 2.24) is 9.88 Å². The van der Waals surface area contributed by atoms with E-state index in [1.807, 2.05) is 37.8 Å². The second kappa shape index (κ2) is 5.43. The molecular formula is C12H17BrN2O. The Morgan fingerprint density at radius 3 is 2.44 bits per heavy atom. The van der Waals surface area contributed by atoms with E-state index in [1.165, 1.54) is 0 Å². The van der Waals surface area contributed by atoms with E-state index in [0.717, 1.165) is 5.56 Å². The molecule has 1 aromatic heterocycles. The van der Waals surface area contributed by atoms with Crippen LogP contribution in [0.2, 0.25) is 0 Å². The van der Waals surface area contributed by atoms with Gasteiger partial charge in [-0.15, -0.1) is 0 Å². The molecule has 0 unspecified atom stereocenters. The molecule has 0 aliphatic heterocycles. The summed E-state index contributed by atoms with van der Waals surface area (Å²) >= 11 is 3.40. The highest BCUT2D eigenvalue weighted by Gasteiger charge is 2.28. The van der Waals surface area contributed by atoms with Gasteiger partial charge >= 0.3 is 0 Å². The van der Waals surface area contributed by atoms with Crippen molar-refractivity contribution in [3.63, 3.8) is 0 Å². The molecule has 1 rings (SSSR count). The Bertz CT molecular complexity index is 346. The molecule has 0 aromatic carbocycles. The molecule has 1 amide bonds. The monoisotopic (exact) mass is 284 g/mol. The SMILES string of the molecule is CCN(Cc1ccncc1)C(=O)C(C)(C)Br. The lowest BCUT2D eigenvalue weighted by atomic mass is 10.1. The van der Waals surface area contributed by atoms with Gasteiger partial charge in [0.1, 0.15) is 0 Å². The lowest BCUT2D eigenvalue weighted by Gasteiger charge is -2.27. The average Bonchev–Trinajstić information content (AvgIpc) is 2.25. The van der Waals surface area contributed by atoms with E-state index in [2.05, 4.69) is 20.9 Å². The van der Waals surface area contributed by atoms with Gasteiger partial charge in [0.05, 0.1) is 4.32 Å². The van der Waals surface area contributed by atoms with Crippen LogP contribution in [-0.2, 0) is 11.3 Å². The lowest BCUT2D eigenvalue weighted by Crippen LogP contribution is -2.41. The maximum Gasteiger partial charge on any atom is 0.239 e. The molecule has 16 heavy (non-hydrogen) atoms. The van der Waals surface area contributed by atoms with Crippen LogP contribution in [0.4, 0.5) is 0 Å². The molecule has 4 heteroatoms. The van der Waals surface area contributed by atoms with Gasteiger partial charge < -0.3 is 4.90 Å². The van der Waals surface area contributed by atoms with Gasteiger partial charge in [-0.1, -0.05) is 15.9 Å². The van der Waals surface area contributed by atoms with Crippen LogP contribution in [0.3, 0.4) is 0 Å². The van der Waals surface area contributed by atoms with Crippen LogP contribution in [0.1, 0.15) is 26.3 Å². The highest BCUT2D eigenvalue weighted by atomic mass is 79.9. The molecule has 1 aromatic rings. The molecule has 1 heterocycles. The first-order chi connectivity index (χ1) is 7.45. The minimum absolute atomic E-state index is 0.104. The number of hydrogen-bond donors (Lipinski definition) is 0. The van der Waals surface area contributed by atoms with E-state index in [9.17, 15) is 4.79 Å². The van der Waals surface area contributed by atoms with Crippen molar-refractivity contribution >= 4 is 21.8 Å². The average molecular weight is 285 g/mol. The summed E-state index contributed by atoms with van der Waals surface area (Å²) in [5.74, 6) is 0.104. The van der Waals surface area contributed by atoms with Gasteiger partial charge in [-0.25, -0.2) is 0 Å². The number of rotatable bonds is 4. The predicted molar refractivity (Wildman–Crippen MR) is 68.3 cm³/mol. The Labute approximate surface area is 105 Å². The van der Waals surface area contributed by atoms with Crippen LogP contribution >= 0.6 is 15.9 Å². The molecule has 0 saturated carbocycles. The summed E-state index contributed by atoms with van der Waals surface area (Å²) in [6, 6.07) is 3.86. The third-order valence-corrected chi connectivity index (χ3v) is 2.64. The highest BCUT2D eigenvalue weighted by molar-refractivity contribution is 9.10. The van der Waals surface area contributed by atoms with Crippen LogP contribution in [0.25, 0.3) is 0 Å². The fourth-order valence-electron chi connectivity index (χ4n) is 1.41. The Balaban J connectivity index is 2.74. The molecule has 0 bridgehead atoms. The number of carbonyl (C=O) groups excluding carboxylic acids is 1. The standard InChI is InChI=1S/C12H17BrN2O/c1-4-15(11(16)12(2,3)13)9-10-5-7-14-8-6-10/h5-8H,4,9H2,1-3H3. The molecule has 0 spiro atoms. The summed E-state index contributed by atoms with van der Waals surface area (Å²) in [6.07, 6.45) is 3.49. The van der Waals surface area contributed by atoms with Crippen molar-refractivity contribution in [3.05, 3.63) is 30.1 Å². The molecule has 0 radical (unpaired) electrons. The molecule has 0 fully saturated rings. The third-order valence-electron chi connectivity index (χ3n) is 2.30. The molecule has 3 nitrogen and oxygen atoms in total. The Morgan fingerprint density at radius 2 is 2.00 bits per heavy atom. The van der Waals surface area contributed by atoms with Gasteiger partial charge in [0, 0.05) is 25.5 Å². The number of nitrogens with zero attached hydrogens (tertiary/aromatic N) is 2. The van der Waals surface area contributed by atoms with Crippen molar-refractivity contribution in [3.8, 4) is 0 Å². The van der Waals surface area contributed by atoms with Crippen LogP contribution in [0.5, 0.6) is 0 Å². The van der Waals surface area contributed by atoms with Crippen molar-refractivity contribution in [2.75, 3.05) is 6.54 Å². The van der Waals surface area contributed by atoms with Gasteiger partial charge in [-0.3, -0.25) is 9.78 Å². The smallest absolute Gasteiger partial charge is 0.239 e. The van der Waals surface area contributed by atoms with Crippen molar-refractivity contribution < 1.29 is 4.79 Å². The van der Waals surface area contributed by atoms with Crippen LogP contribution in [0, 0.1) is 0 Å². The summed E-state index contributed by atoms with van der Waals surface area (Å²) in [6.45, 7) is 7.05. The van der Waals surface area contributed by atoms with Crippen molar-refractivity contribution in [2.24, 2.45) is 0 Å². The molecule has 88 valence electrons. The van der Waals surface area contributed by atoms with E-state index in [-0.39, 0.29) is 5.91 Å². The Kier molecular flexibility index (Phi) is 4.47. The van der Waals surface area contributed by atoms with E-state index >= 15 is 0 Å². The fraction of sp³-hybridized carbons (Fsp3) is 0.500. The summed E-state index contributed by atoms with van der Waals surface area (Å²) in [5.41, 5.74) is 1.10. The summed E-state index contributed by atoms with van der Waals surface area (Å²) in [4.78, 5) is 17.8. The zero-order valence-electron chi connectivity index (χ0n) is 9.90. The lowest BCUT2D eigenvalue weighted by molar-refractivity contribution is -0.133. The maximum absolute atomic E-state index is 12.1. The van der Waals surface area contributed by atoms with E-state index < -0.39 is 4.32 Å². The fourth-order valence-corrected chi connectivity index (χ4v) is 1.66. The largest absolute Gasteiger partial charge is 0.337 e. The number of alkyl halides is 1. The van der Waals surface area contributed by atoms with E-state index in [4.69, 9.17) is 0 Å². The molecule has 0 aliphatic rings. The second-order valence-electron chi connectivity index (χ2n) is 4.15. The zero-order chi connectivity index (χ0) is 12.2. The summed E-state index contributed by atoms with van der Waals surface area (Å²) in [7, 11) is 0. The van der Waals surface area contributed by atoms with E-state index in [1.54, 1.807) is 12.4 Å². The maximum atomic E-state index is 12.1. The summed E-state index contributed by atoms with van der Waals surface area (Å²) < 4.78 is -0.504. The first-order valence-electron chi connectivity index (χ1n) is 5.32. The highest BCUT2D eigenvalue weighted by Crippen LogP contribution is 2.20. The number of halogens is 1. The van der Waals surface area contributed by atoms with Gasteiger partial charge in [-0.05, 0) is 38.5 Å². The van der Waals surface area contributed by atoms with Crippen molar-refractivity contribution in [1.29, 1.82) is 0 Å². The predicted octanol–water partition coefficient (Wildman–Crippen LogP) is 2.60. The van der Waals surface area contributed by atoms with Crippen LogP contribution in [0.15, 0.2) is 24.5 Å². The van der Waals surface area contributed by atoms with Gasteiger partial charge in [0.2, 0.25) is 5.91 Å². The summed E-state index contributed by atoms with van der Waals surface area (Å²) in [5, 5.41) is 0. The topological polar surface area (TPSA) is 33.2 Å². The second-order valence-corrected chi connectivity index (χ2v) is 6.13.